The lowest BCUT2D eigenvalue weighted by molar-refractivity contribution is 0.0316. The van der Waals surface area contributed by atoms with Gasteiger partial charge in [-0.05, 0) is 43.5 Å². The molecule has 1 aliphatic carbocycles. The van der Waals surface area contributed by atoms with Crippen LogP contribution >= 0.6 is 23.2 Å². The Morgan fingerprint density at radius 1 is 1.08 bits per heavy atom. The Kier molecular flexibility index (Phi) is 8.39. The highest BCUT2D eigenvalue weighted by atomic mass is 35.5. The lowest BCUT2D eigenvalue weighted by Crippen LogP contribution is -2.55. The van der Waals surface area contributed by atoms with E-state index in [0.29, 0.717) is 38.2 Å². The Morgan fingerprint density at radius 2 is 1.79 bits per heavy atom. The zero-order valence-corrected chi connectivity index (χ0v) is 22.5. The molecule has 2 fully saturated rings. The predicted octanol–water partition coefficient (Wildman–Crippen LogP) is 4.01. The van der Waals surface area contributed by atoms with Crippen LogP contribution in [-0.4, -0.2) is 70.9 Å². The highest BCUT2D eigenvalue weighted by molar-refractivity contribution is 6.31. The monoisotopic (exact) mass is 580 g/mol. The van der Waals surface area contributed by atoms with E-state index in [2.05, 4.69) is 5.43 Å². The largest absolute Gasteiger partial charge is 0.491 e. The fourth-order valence-electron chi connectivity index (χ4n) is 4.83. The van der Waals surface area contributed by atoms with E-state index in [1.165, 1.54) is 24.3 Å². The number of benzene rings is 2. The smallest absolute Gasteiger partial charge is 0.271 e. The number of hydrogen-bond donors (Lipinski definition) is 2. The number of nitrogens with zero attached hydrogens (tertiary/aromatic N) is 3. The van der Waals surface area contributed by atoms with Crippen LogP contribution in [0.5, 0.6) is 5.75 Å². The minimum Gasteiger partial charge on any atom is -0.491 e. The third-order valence-electron chi connectivity index (χ3n) is 7.22. The van der Waals surface area contributed by atoms with E-state index >= 15 is 0 Å². The van der Waals surface area contributed by atoms with Gasteiger partial charge in [0.05, 0.1) is 15.6 Å². The second-order valence-corrected chi connectivity index (χ2v) is 10.7. The molecule has 1 aromatic heterocycles. The molecule has 2 N–H and O–H groups in total. The predicted molar refractivity (Wildman–Crippen MR) is 144 cm³/mol. The molecule has 12 heteroatoms. The molecule has 0 radical (unpaired) electrons. The molecule has 1 saturated heterocycles. The molecule has 3 aromatic rings. The van der Waals surface area contributed by atoms with E-state index in [4.69, 9.17) is 27.9 Å². The van der Waals surface area contributed by atoms with E-state index in [-0.39, 0.29) is 39.4 Å². The summed E-state index contributed by atoms with van der Waals surface area (Å²) >= 11 is 11.7. The number of aromatic nitrogens is 1. The first kappa shape index (κ1) is 27.8. The zero-order chi connectivity index (χ0) is 27.7. The number of carbonyl (C=O) groups is 1. The van der Waals surface area contributed by atoms with Crippen LogP contribution in [0.25, 0.3) is 10.9 Å². The van der Waals surface area contributed by atoms with Gasteiger partial charge in [0.2, 0.25) is 5.43 Å². The van der Waals surface area contributed by atoms with Crippen molar-refractivity contribution in [2.45, 2.75) is 31.4 Å². The van der Waals surface area contributed by atoms with Crippen molar-refractivity contribution < 1.29 is 23.4 Å². The number of β-amino-alcohol motifs (C(OH)–C–C–N with tert-alkyl or cyclic N) is 1. The first-order valence-corrected chi connectivity index (χ1v) is 13.5. The molecule has 39 heavy (non-hydrogen) atoms. The van der Waals surface area contributed by atoms with Crippen LogP contribution in [0.15, 0.2) is 41.3 Å². The van der Waals surface area contributed by atoms with Gasteiger partial charge in [0.1, 0.15) is 35.7 Å². The number of pyridine rings is 1. The number of carbonyl (C=O) groups excluding carboxylic acids is 1. The molecule has 1 saturated carbocycles. The van der Waals surface area contributed by atoms with Crippen LogP contribution in [0, 0.1) is 11.6 Å². The summed E-state index contributed by atoms with van der Waals surface area (Å²) in [6.07, 6.45) is 3.60. The summed E-state index contributed by atoms with van der Waals surface area (Å²) in [6.45, 7) is 2.37. The van der Waals surface area contributed by atoms with E-state index in [1.807, 2.05) is 9.47 Å². The Hall–Kier alpha value is -2.76. The third-order valence-corrected chi connectivity index (χ3v) is 7.82. The van der Waals surface area contributed by atoms with E-state index in [9.17, 15) is 23.5 Å². The molecular formula is C27H28Cl2F2N4O4. The average Bonchev–Trinajstić information content (AvgIpc) is 2.87. The van der Waals surface area contributed by atoms with Crippen molar-refractivity contribution in [3.8, 4) is 5.75 Å². The van der Waals surface area contributed by atoms with Crippen LogP contribution in [0.1, 0.15) is 35.7 Å². The van der Waals surface area contributed by atoms with Crippen molar-refractivity contribution in [2.24, 2.45) is 0 Å². The lowest BCUT2D eigenvalue weighted by atomic mass is 9.92. The molecule has 1 atom stereocenters. The number of hydrazine groups is 1. The molecule has 0 bridgehead atoms. The molecular weight excluding hydrogens is 553 g/mol. The minimum atomic E-state index is -0.804. The number of halogens is 4. The first-order chi connectivity index (χ1) is 18.7. The van der Waals surface area contributed by atoms with Gasteiger partial charge in [-0.1, -0.05) is 23.2 Å². The van der Waals surface area contributed by atoms with Gasteiger partial charge in [-0.2, -0.15) is 0 Å². The SMILES string of the molecule is O=C(NN1CCN(C[C@H](O)COc2ccc(Cl)c(F)c2)CC1)c1cn(C2CCC2)c2cc(Cl)c(F)cc2c1=O. The summed E-state index contributed by atoms with van der Waals surface area (Å²) in [5, 5.41) is 12.1. The summed E-state index contributed by atoms with van der Waals surface area (Å²) < 4.78 is 35.1. The Balaban J connectivity index is 1.18. The number of aliphatic hydroxyl groups is 1. The van der Waals surface area contributed by atoms with Gasteiger partial charge in [0.25, 0.3) is 5.91 Å². The Morgan fingerprint density at radius 3 is 2.46 bits per heavy atom. The van der Waals surface area contributed by atoms with Crippen molar-refractivity contribution in [3.05, 3.63) is 74.0 Å². The van der Waals surface area contributed by atoms with Crippen LogP contribution in [0.3, 0.4) is 0 Å². The number of rotatable bonds is 8. The first-order valence-electron chi connectivity index (χ1n) is 12.8. The topological polar surface area (TPSA) is 87.0 Å². The lowest BCUT2D eigenvalue weighted by Gasteiger charge is -2.35. The van der Waals surface area contributed by atoms with Gasteiger partial charge in [-0.25, -0.2) is 13.8 Å². The molecule has 5 rings (SSSR count). The maximum absolute atomic E-state index is 14.2. The normalized spacial score (nSPS) is 17.7. The van der Waals surface area contributed by atoms with Crippen LogP contribution < -0.4 is 15.6 Å². The zero-order valence-electron chi connectivity index (χ0n) is 21.0. The molecule has 2 heterocycles. The van der Waals surface area contributed by atoms with Crippen molar-refractivity contribution in [2.75, 3.05) is 39.3 Å². The Labute approximate surface area is 233 Å². The molecule has 2 aromatic carbocycles. The van der Waals surface area contributed by atoms with Crippen molar-refractivity contribution >= 4 is 40.0 Å². The summed E-state index contributed by atoms with van der Waals surface area (Å²) in [5.74, 6) is -1.58. The number of ether oxygens (including phenoxy) is 1. The fourth-order valence-corrected chi connectivity index (χ4v) is 5.10. The molecule has 0 spiro atoms. The van der Waals surface area contributed by atoms with Gasteiger partial charge in [0, 0.05) is 56.4 Å². The number of fused-ring (bicyclic) bond motifs is 1. The number of piperazine rings is 1. The van der Waals surface area contributed by atoms with Crippen LogP contribution in [-0.2, 0) is 0 Å². The minimum absolute atomic E-state index is 0.00341. The summed E-state index contributed by atoms with van der Waals surface area (Å²) in [6, 6.07) is 6.75. The average molecular weight is 581 g/mol. The summed E-state index contributed by atoms with van der Waals surface area (Å²) in [7, 11) is 0. The second kappa shape index (κ2) is 11.8. The van der Waals surface area contributed by atoms with Crippen LogP contribution in [0.2, 0.25) is 10.0 Å². The summed E-state index contributed by atoms with van der Waals surface area (Å²) in [4.78, 5) is 28.3. The van der Waals surface area contributed by atoms with Crippen molar-refractivity contribution in [1.29, 1.82) is 0 Å². The molecule has 8 nitrogen and oxygen atoms in total. The van der Waals surface area contributed by atoms with Crippen molar-refractivity contribution in [3.63, 3.8) is 0 Å². The number of hydrogen-bond acceptors (Lipinski definition) is 6. The quantitative estimate of drug-likeness (QED) is 0.418. The van der Waals surface area contributed by atoms with Gasteiger partial charge < -0.3 is 14.4 Å². The molecule has 0 unspecified atom stereocenters. The Bertz CT molecular complexity index is 1440. The van der Waals surface area contributed by atoms with Gasteiger partial charge in [-0.3, -0.25) is 19.9 Å². The van der Waals surface area contributed by atoms with Gasteiger partial charge >= 0.3 is 0 Å². The maximum atomic E-state index is 14.2. The number of aliphatic hydroxyl groups excluding tert-OH is 1. The maximum Gasteiger partial charge on any atom is 0.271 e. The highest BCUT2D eigenvalue weighted by Gasteiger charge is 2.26. The standard InChI is InChI=1S/C27H28Cl2F2N4O4/c28-21-5-4-18(10-23(21)30)39-15-17(36)13-33-6-8-34(9-7-33)32-27(38)20-14-35(16-2-1-3-16)25-12-22(29)24(31)11-19(25)26(20)37/h4-5,10-12,14,16-17,36H,1-3,6-9,13,15H2,(H,32,38)/t17-/m0/s1. The van der Waals surface area contributed by atoms with E-state index in [1.54, 1.807) is 11.2 Å². The highest BCUT2D eigenvalue weighted by Crippen LogP contribution is 2.34. The number of nitrogens with one attached hydrogen (secondary N) is 1. The number of amides is 1. The second-order valence-electron chi connectivity index (χ2n) is 9.92. The van der Waals surface area contributed by atoms with E-state index < -0.39 is 29.1 Å². The fraction of sp³-hybridized carbons (Fsp3) is 0.407. The van der Waals surface area contributed by atoms with Gasteiger partial charge in [0.15, 0.2) is 0 Å². The van der Waals surface area contributed by atoms with E-state index in [0.717, 1.165) is 25.3 Å². The molecule has 2 aliphatic rings. The molecule has 1 amide bonds. The van der Waals surface area contributed by atoms with Crippen molar-refractivity contribution in [1.82, 2.24) is 19.9 Å². The van der Waals surface area contributed by atoms with Crippen LogP contribution in [0.4, 0.5) is 8.78 Å². The molecule has 1 aliphatic heterocycles. The third kappa shape index (κ3) is 6.20. The molecule has 208 valence electrons. The summed E-state index contributed by atoms with van der Waals surface area (Å²) in [5.41, 5.74) is 2.72. The van der Waals surface area contributed by atoms with Gasteiger partial charge in [-0.15, -0.1) is 0 Å².